The Bertz CT molecular complexity index is 276. The number of aromatic amines is 1. The smallest absolute Gasteiger partial charge is 0.137 e. The zero-order valence-corrected chi connectivity index (χ0v) is 10.3. The summed E-state index contributed by atoms with van der Waals surface area (Å²) in [4.78, 5) is 26.8. The summed E-state index contributed by atoms with van der Waals surface area (Å²) < 4.78 is 0. The number of imidazole rings is 1. The Morgan fingerprint density at radius 3 is 2.07 bits per heavy atom. The summed E-state index contributed by atoms with van der Waals surface area (Å²) in [5, 5.41) is 0. The van der Waals surface area contributed by atoms with E-state index < -0.39 is 0 Å². The first-order chi connectivity index (χ1) is 6.56. The van der Waals surface area contributed by atoms with Crippen LogP contribution in [0.25, 0.3) is 0 Å². The van der Waals surface area contributed by atoms with Gasteiger partial charge in [0.25, 0.3) is 0 Å². The van der Waals surface area contributed by atoms with Crippen LogP contribution in [0, 0.1) is 0 Å². The van der Waals surface area contributed by atoms with Crippen LogP contribution in [-0.2, 0) is 32.2 Å². The molecule has 0 aliphatic heterocycles. The number of nitrogens with zero attached hydrogens (tertiary/aromatic N) is 1. The number of alkyl halides is 1. The number of nitrogens with one attached hydrogen (secondary N) is 1. The SMILES string of the molecule is CC(=O)CC(C)=O.ClCc1ncc[nH]1.[Co]. The Morgan fingerprint density at radius 1 is 1.40 bits per heavy atom. The van der Waals surface area contributed by atoms with Crippen molar-refractivity contribution in [2.24, 2.45) is 0 Å². The van der Waals surface area contributed by atoms with Gasteiger partial charge in [-0.15, -0.1) is 11.6 Å². The van der Waals surface area contributed by atoms with Crippen molar-refractivity contribution in [1.29, 1.82) is 0 Å². The van der Waals surface area contributed by atoms with Crippen LogP contribution in [0.3, 0.4) is 0 Å². The van der Waals surface area contributed by atoms with E-state index in [1.807, 2.05) is 0 Å². The average Bonchev–Trinajstić information content (AvgIpc) is 2.53. The van der Waals surface area contributed by atoms with E-state index in [0.29, 0.717) is 5.88 Å². The first-order valence-electron chi connectivity index (χ1n) is 4.09. The van der Waals surface area contributed by atoms with Crippen molar-refractivity contribution in [3.8, 4) is 0 Å². The van der Waals surface area contributed by atoms with Gasteiger partial charge in [-0.2, -0.15) is 0 Å². The van der Waals surface area contributed by atoms with Crippen LogP contribution in [0.4, 0.5) is 0 Å². The topological polar surface area (TPSA) is 62.8 Å². The molecule has 1 radical (unpaired) electrons. The number of carbonyl (C=O) groups excluding carboxylic acids is 2. The molecule has 0 aromatic carbocycles. The van der Waals surface area contributed by atoms with Crippen LogP contribution >= 0.6 is 11.6 Å². The molecule has 1 rings (SSSR count). The summed E-state index contributed by atoms with van der Waals surface area (Å²) in [5.41, 5.74) is 0. The third kappa shape index (κ3) is 11.3. The summed E-state index contributed by atoms with van der Waals surface area (Å²) in [6, 6.07) is 0. The second kappa shape index (κ2) is 9.88. The van der Waals surface area contributed by atoms with Crippen molar-refractivity contribution in [2.75, 3.05) is 0 Å². The van der Waals surface area contributed by atoms with Gasteiger partial charge in [0.1, 0.15) is 17.4 Å². The predicted molar refractivity (Wildman–Crippen MR) is 54.1 cm³/mol. The molecule has 15 heavy (non-hydrogen) atoms. The Balaban J connectivity index is 0. The van der Waals surface area contributed by atoms with Crippen LogP contribution in [0.2, 0.25) is 0 Å². The average molecular weight is 276 g/mol. The minimum Gasteiger partial charge on any atom is -0.348 e. The summed E-state index contributed by atoms with van der Waals surface area (Å²) in [6.07, 6.45) is 3.51. The third-order valence-corrected chi connectivity index (χ3v) is 1.43. The van der Waals surface area contributed by atoms with Crippen molar-refractivity contribution in [3.05, 3.63) is 18.2 Å². The van der Waals surface area contributed by atoms with Crippen molar-refractivity contribution in [2.45, 2.75) is 26.1 Å². The number of carbonyl (C=O) groups is 2. The van der Waals surface area contributed by atoms with E-state index in [1.165, 1.54) is 13.8 Å². The molecule has 0 unspecified atom stereocenters. The molecule has 0 atom stereocenters. The molecule has 1 N–H and O–H groups in total. The van der Waals surface area contributed by atoms with Gasteiger partial charge < -0.3 is 4.98 Å². The molecule has 1 aromatic rings. The molecule has 6 heteroatoms. The molecule has 4 nitrogen and oxygen atoms in total. The molecular formula is C9H13ClCoN2O2. The van der Waals surface area contributed by atoms with E-state index in [1.54, 1.807) is 12.4 Å². The summed E-state index contributed by atoms with van der Waals surface area (Å²) >= 11 is 5.37. The van der Waals surface area contributed by atoms with E-state index in [2.05, 4.69) is 9.97 Å². The molecule has 0 saturated heterocycles. The van der Waals surface area contributed by atoms with Gasteiger partial charge in [-0.25, -0.2) is 4.98 Å². The van der Waals surface area contributed by atoms with Crippen molar-refractivity contribution >= 4 is 23.2 Å². The fourth-order valence-corrected chi connectivity index (χ4v) is 0.868. The molecule has 0 aliphatic carbocycles. The van der Waals surface area contributed by atoms with E-state index >= 15 is 0 Å². The van der Waals surface area contributed by atoms with Crippen molar-refractivity contribution in [3.63, 3.8) is 0 Å². The number of H-pyrrole nitrogens is 1. The van der Waals surface area contributed by atoms with Crippen molar-refractivity contribution < 1.29 is 26.4 Å². The zero-order chi connectivity index (χ0) is 11.0. The van der Waals surface area contributed by atoms with Crippen LogP contribution in [0.1, 0.15) is 26.1 Å². The maximum atomic E-state index is 10.0. The molecule has 1 heterocycles. The normalized spacial score (nSPS) is 8.20. The number of hydrogen-bond donors (Lipinski definition) is 1. The van der Waals surface area contributed by atoms with Crippen LogP contribution in [0.5, 0.6) is 0 Å². The van der Waals surface area contributed by atoms with Gasteiger partial charge in [0.2, 0.25) is 0 Å². The number of hydrogen-bond acceptors (Lipinski definition) is 3. The second-order valence-electron chi connectivity index (χ2n) is 2.75. The first-order valence-corrected chi connectivity index (χ1v) is 4.62. The largest absolute Gasteiger partial charge is 0.348 e. The number of rotatable bonds is 3. The fraction of sp³-hybridized carbons (Fsp3) is 0.444. The molecular weight excluding hydrogens is 262 g/mol. The van der Waals surface area contributed by atoms with E-state index in [0.717, 1.165) is 5.82 Å². The van der Waals surface area contributed by atoms with Gasteiger partial charge in [0.05, 0.1) is 12.3 Å². The summed E-state index contributed by atoms with van der Waals surface area (Å²) in [7, 11) is 0. The molecule has 87 valence electrons. The molecule has 0 fully saturated rings. The first kappa shape index (κ1) is 16.8. The van der Waals surface area contributed by atoms with Gasteiger partial charge in [-0.1, -0.05) is 0 Å². The Morgan fingerprint density at radius 2 is 1.93 bits per heavy atom. The molecule has 0 bridgehead atoms. The van der Waals surface area contributed by atoms with Crippen molar-refractivity contribution in [1.82, 2.24) is 9.97 Å². The number of Topliss-reactive ketones (excluding diaryl/α,β-unsaturated/α-hetero) is 2. The zero-order valence-electron chi connectivity index (χ0n) is 8.54. The molecule has 1 aromatic heterocycles. The number of aromatic nitrogens is 2. The van der Waals surface area contributed by atoms with Gasteiger partial charge in [-0.3, -0.25) is 9.59 Å². The van der Waals surface area contributed by atoms with Crippen LogP contribution in [0.15, 0.2) is 12.4 Å². The van der Waals surface area contributed by atoms with Gasteiger partial charge in [0.15, 0.2) is 0 Å². The predicted octanol–water partition coefficient (Wildman–Crippen LogP) is 1.70. The Labute approximate surface area is 104 Å². The molecule has 0 saturated carbocycles. The second-order valence-corrected chi connectivity index (χ2v) is 3.02. The number of ketones is 2. The Kier molecular flexibility index (Phi) is 11.0. The maximum absolute atomic E-state index is 10.0. The van der Waals surface area contributed by atoms with E-state index in [-0.39, 0.29) is 34.8 Å². The summed E-state index contributed by atoms with van der Waals surface area (Å²) in [5.74, 6) is 1.16. The van der Waals surface area contributed by atoms with Gasteiger partial charge in [-0.05, 0) is 13.8 Å². The van der Waals surface area contributed by atoms with Crippen LogP contribution in [-0.4, -0.2) is 21.5 Å². The standard InChI is InChI=1S/C5H8O2.C4H5ClN2.Co/c1-4(6)3-5(2)7;5-3-4-6-1-2-7-4;/h3H2,1-2H3;1-2H,3H2,(H,6,7);. The monoisotopic (exact) mass is 275 g/mol. The molecule has 0 aliphatic rings. The maximum Gasteiger partial charge on any atom is 0.137 e. The quantitative estimate of drug-likeness (QED) is 0.674. The van der Waals surface area contributed by atoms with Gasteiger partial charge in [0, 0.05) is 29.2 Å². The fourth-order valence-electron chi connectivity index (χ4n) is 0.722. The third-order valence-electron chi connectivity index (χ3n) is 1.18. The van der Waals surface area contributed by atoms with Crippen LogP contribution < -0.4 is 0 Å². The molecule has 0 amide bonds. The minimum absolute atomic E-state index is 0. The summed E-state index contributed by atoms with van der Waals surface area (Å²) in [6.45, 7) is 2.81. The Hall–Kier alpha value is -0.654. The van der Waals surface area contributed by atoms with E-state index in [4.69, 9.17) is 11.6 Å². The minimum atomic E-state index is -0.0625. The number of halogens is 1. The molecule has 0 spiro atoms. The van der Waals surface area contributed by atoms with Gasteiger partial charge >= 0.3 is 0 Å². The van der Waals surface area contributed by atoms with E-state index in [9.17, 15) is 9.59 Å².